The normalized spacial score (nSPS) is 18.3. The van der Waals surface area contributed by atoms with Crippen molar-refractivity contribution in [3.63, 3.8) is 0 Å². The summed E-state index contributed by atoms with van der Waals surface area (Å²) in [6, 6.07) is 6.38. The van der Waals surface area contributed by atoms with E-state index in [9.17, 15) is 32.5 Å². The molecular formula is C21H31N3NaO8S. The van der Waals surface area contributed by atoms with E-state index in [0.717, 1.165) is 5.56 Å². The molecule has 185 valence electrons. The number of aliphatic hydroxyl groups excluding tert-OH is 1. The van der Waals surface area contributed by atoms with Crippen LogP contribution in [0.1, 0.15) is 38.7 Å². The van der Waals surface area contributed by atoms with Gasteiger partial charge in [-0.25, -0.2) is 4.79 Å². The van der Waals surface area contributed by atoms with Crippen molar-refractivity contribution in [2.24, 2.45) is 11.8 Å². The zero-order valence-corrected chi connectivity index (χ0v) is 22.4. The molecule has 4 atom stereocenters. The van der Waals surface area contributed by atoms with Crippen LogP contribution in [0.3, 0.4) is 0 Å². The number of hydrogen-bond acceptors (Lipinski definition) is 7. The van der Waals surface area contributed by atoms with E-state index in [4.69, 9.17) is 4.74 Å². The monoisotopic (exact) mass is 508 g/mol. The second-order valence-electron chi connectivity index (χ2n) is 8.42. The SMILES string of the molecule is CC(C)C[C@H](NC(=O)OCc1ccccc1)C(=O)N[C@@H](CC1CCNC1=O)C(O)S(=O)(=O)O.[Na]. The molecule has 0 aliphatic carbocycles. The summed E-state index contributed by atoms with van der Waals surface area (Å²) in [5, 5.41) is 17.5. The van der Waals surface area contributed by atoms with Gasteiger partial charge in [0.2, 0.25) is 17.3 Å². The number of aliphatic hydroxyl groups is 1. The van der Waals surface area contributed by atoms with E-state index in [-0.39, 0.29) is 60.8 Å². The van der Waals surface area contributed by atoms with Gasteiger partial charge in [0.05, 0.1) is 6.04 Å². The second-order valence-corrected chi connectivity index (χ2v) is 9.93. The van der Waals surface area contributed by atoms with Crippen molar-refractivity contribution in [2.45, 2.75) is 57.2 Å². The molecule has 1 saturated heterocycles. The average molecular weight is 509 g/mol. The summed E-state index contributed by atoms with van der Waals surface area (Å²) in [6.45, 7) is 4.02. The summed E-state index contributed by atoms with van der Waals surface area (Å²) >= 11 is 0. The van der Waals surface area contributed by atoms with E-state index in [1.54, 1.807) is 24.3 Å². The first-order valence-corrected chi connectivity index (χ1v) is 12.2. The first-order valence-electron chi connectivity index (χ1n) is 10.7. The summed E-state index contributed by atoms with van der Waals surface area (Å²) < 4.78 is 37.5. The van der Waals surface area contributed by atoms with Gasteiger partial charge < -0.3 is 25.8 Å². The van der Waals surface area contributed by atoms with Crippen LogP contribution in [0.15, 0.2) is 30.3 Å². The Bertz CT molecular complexity index is 929. The maximum atomic E-state index is 12.9. The van der Waals surface area contributed by atoms with Crippen LogP contribution in [0, 0.1) is 11.8 Å². The molecule has 2 unspecified atom stereocenters. The van der Waals surface area contributed by atoms with Crippen molar-refractivity contribution in [2.75, 3.05) is 6.54 Å². The minimum atomic E-state index is -4.92. The molecule has 1 heterocycles. The minimum Gasteiger partial charge on any atom is -0.445 e. The molecule has 0 spiro atoms. The van der Waals surface area contributed by atoms with Crippen molar-refractivity contribution in [3.05, 3.63) is 35.9 Å². The summed E-state index contributed by atoms with van der Waals surface area (Å²) in [6.07, 6.45) is -0.458. The third kappa shape index (κ3) is 9.88. The molecule has 1 radical (unpaired) electrons. The summed E-state index contributed by atoms with van der Waals surface area (Å²) in [7, 11) is -4.92. The predicted octanol–water partition coefficient (Wildman–Crippen LogP) is 0.164. The summed E-state index contributed by atoms with van der Waals surface area (Å²) in [5.74, 6) is -1.77. The van der Waals surface area contributed by atoms with Crippen LogP contribution in [0.2, 0.25) is 0 Å². The predicted molar refractivity (Wildman–Crippen MR) is 124 cm³/mol. The number of hydrogen-bond donors (Lipinski definition) is 5. The molecule has 0 bridgehead atoms. The first-order chi connectivity index (χ1) is 15.5. The fraction of sp³-hybridized carbons (Fsp3) is 0.571. The Morgan fingerprint density at radius 3 is 2.38 bits per heavy atom. The molecule has 0 saturated carbocycles. The van der Waals surface area contributed by atoms with Crippen LogP contribution in [0.5, 0.6) is 0 Å². The van der Waals surface area contributed by atoms with Gasteiger partial charge in [0, 0.05) is 42.0 Å². The fourth-order valence-electron chi connectivity index (χ4n) is 3.52. The van der Waals surface area contributed by atoms with Gasteiger partial charge in [-0.2, -0.15) is 8.42 Å². The zero-order valence-electron chi connectivity index (χ0n) is 19.6. The smallest absolute Gasteiger partial charge is 0.408 e. The van der Waals surface area contributed by atoms with Gasteiger partial charge in [0.15, 0.2) is 0 Å². The topological polar surface area (TPSA) is 171 Å². The maximum absolute atomic E-state index is 12.9. The molecular weight excluding hydrogens is 477 g/mol. The Morgan fingerprint density at radius 1 is 1.21 bits per heavy atom. The number of amides is 3. The van der Waals surface area contributed by atoms with Crippen LogP contribution >= 0.6 is 0 Å². The number of carbonyl (C=O) groups is 3. The van der Waals surface area contributed by atoms with Crippen LogP contribution in [0.25, 0.3) is 0 Å². The molecule has 11 nitrogen and oxygen atoms in total. The Labute approximate surface area is 221 Å². The quantitative estimate of drug-likeness (QED) is 0.208. The van der Waals surface area contributed by atoms with Crippen molar-refractivity contribution in [3.8, 4) is 0 Å². The molecule has 1 aromatic carbocycles. The second kappa shape index (κ2) is 14.0. The van der Waals surface area contributed by atoms with Gasteiger partial charge >= 0.3 is 6.09 Å². The zero-order chi connectivity index (χ0) is 24.6. The van der Waals surface area contributed by atoms with E-state index < -0.39 is 45.6 Å². The third-order valence-corrected chi connectivity index (χ3v) is 6.15. The molecule has 2 rings (SSSR count). The number of rotatable bonds is 11. The van der Waals surface area contributed by atoms with Crippen LogP contribution in [-0.2, 0) is 31.1 Å². The largest absolute Gasteiger partial charge is 0.445 e. The standard InChI is InChI=1S/C21H31N3O8S.Na/c1-13(2)10-16(24-21(28)32-12-14-6-4-3-5-7-14)19(26)23-17(20(27)33(29,30)31)11-15-8-9-22-18(15)25;/h3-7,13,15-17,20,27H,8-12H2,1-2H3,(H,22,25)(H,23,26)(H,24,28)(H,29,30,31);/t15?,16-,17-,20?;/m0./s1. The minimum absolute atomic E-state index is 0. The van der Waals surface area contributed by atoms with Gasteiger partial charge in [-0.3, -0.25) is 14.1 Å². The molecule has 13 heteroatoms. The van der Waals surface area contributed by atoms with Crippen molar-refractivity contribution in [1.82, 2.24) is 16.0 Å². The van der Waals surface area contributed by atoms with E-state index in [1.807, 2.05) is 19.9 Å². The van der Waals surface area contributed by atoms with Crippen LogP contribution < -0.4 is 16.0 Å². The number of nitrogens with one attached hydrogen (secondary N) is 3. The molecule has 1 aromatic rings. The van der Waals surface area contributed by atoms with Gasteiger partial charge in [0.25, 0.3) is 10.1 Å². The van der Waals surface area contributed by atoms with E-state index in [2.05, 4.69) is 16.0 Å². The van der Waals surface area contributed by atoms with Crippen LogP contribution in [0.4, 0.5) is 4.79 Å². The Hall–Kier alpha value is -1.70. The molecule has 3 amide bonds. The van der Waals surface area contributed by atoms with Crippen molar-refractivity contribution in [1.29, 1.82) is 0 Å². The van der Waals surface area contributed by atoms with E-state index >= 15 is 0 Å². The summed E-state index contributed by atoms with van der Waals surface area (Å²) in [5.41, 5.74) is -1.58. The van der Waals surface area contributed by atoms with Crippen molar-refractivity contribution >= 4 is 57.6 Å². The summed E-state index contributed by atoms with van der Waals surface area (Å²) in [4.78, 5) is 37.1. The molecule has 5 N–H and O–H groups in total. The van der Waals surface area contributed by atoms with Gasteiger partial charge in [-0.1, -0.05) is 44.2 Å². The molecule has 1 aliphatic heterocycles. The number of alkyl carbamates (subject to hydrolysis) is 1. The Morgan fingerprint density at radius 2 is 1.85 bits per heavy atom. The van der Waals surface area contributed by atoms with Gasteiger partial charge in [-0.05, 0) is 30.7 Å². The number of benzene rings is 1. The van der Waals surface area contributed by atoms with E-state index in [1.165, 1.54) is 0 Å². The Kier molecular flexibility index (Phi) is 12.5. The molecule has 1 fully saturated rings. The fourth-order valence-corrected chi connectivity index (χ4v) is 4.12. The van der Waals surface area contributed by atoms with Gasteiger partial charge in [-0.15, -0.1) is 0 Å². The Balaban J connectivity index is 0.00000578. The maximum Gasteiger partial charge on any atom is 0.408 e. The molecule has 34 heavy (non-hydrogen) atoms. The van der Waals surface area contributed by atoms with Crippen LogP contribution in [-0.4, -0.2) is 89.6 Å². The first kappa shape index (κ1) is 30.3. The van der Waals surface area contributed by atoms with Crippen molar-refractivity contribution < 1.29 is 37.2 Å². The average Bonchev–Trinajstić information content (AvgIpc) is 3.14. The van der Waals surface area contributed by atoms with Gasteiger partial charge in [0.1, 0.15) is 12.6 Å². The molecule has 0 aromatic heterocycles. The number of carbonyl (C=O) groups excluding carboxylic acids is 3. The van der Waals surface area contributed by atoms with E-state index in [0.29, 0.717) is 13.0 Å². The molecule has 1 aliphatic rings. The number of ether oxygens (including phenoxy) is 1. The third-order valence-electron chi connectivity index (χ3n) is 5.21.